The summed E-state index contributed by atoms with van der Waals surface area (Å²) in [4.78, 5) is 24.3. The van der Waals surface area contributed by atoms with E-state index in [4.69, 9.17) is 4.74 Å². The van der Waals surface area contributed by atoms with Crippen LogP contribution in [0.3, 0.4) is 0 Å². The number of carbonyl (C=O) groups is 2. The molecule has 0 unspecified atom stereocenters. The van der Waals surface area contributed by atoms with E-state index < -0.39 is 0 Å². The lowest BCUT2D eigenvalue weighted by atomic mass is 9.62. The van der Waals surface area contributed by atoms with Crippen LogP contribution in [0.5, 0.6) is 0 Å². The number of rotatable bonds is 14. The van der Waals surface area contributed by atoms with Gasteiger partial charge in [0.1, 0.15) is 0 Å². The van der Waals surface area contributed by atoms with Crippen molar-refractivity contribution in [2.24, 2.45) is 27.6 Å². The fraction of sp³-hybridized carbons (Fsp3) is 0.923. The summed E-state index contributed by atoms with van der Waals surface area (Å²) in [5.41, 5.74) is 0.373. The SMILES string of the molecule is CCC(C)(C)CC(C)(C)COC(=O)CCCCC(=O)NCC(C)(C)C(C)(C)C(C)C. The summed E-state index contributed by atoms with van der Waals surface area (Å²) in [6, 6.07) is 0. The summed E-state index contributed by atoms with van der Waals surface area (Å²) >= 11 is 0. The van der Waals surface area contributed by atoms with Crippen LogP contribution in [0.25, 0.3) is 0 Å². The molecule has 4 heteroatoms. The van der Waals surface area contributed by atoms with Crippen LogP contribution < -0.4 is 5.32 Å². The topological polar surface area (TPSA) is 55.4 Å². The number of esters is 1. The molecule has 0 rings (SSSR count). The minimum absolute atomic E-state index is 0.0137. The maximum Gasteiger partial charge on any atom is 0.305 e. The molecule has 0 radical (unpaired) electrons. The second-order valence-electron chi connectivity index (χ2n) is 12.3. The third kappa shape index (κ3) is 10.3. The molecule has 0 fully saturated rings. The smallest absolute Gasteiger partial charge is 0.305 e. The Balaban J connectivity index is 4.17. The fourth-order valence-corrected chi connectivity index (χ4v) is 3.79. The van der Waals surface area contributed by atoms with Crippen LogP contribution in [0.1, 0.15) is 115 Å². The highest BCUT2D eigenvalue weighted by molar-refractivity contribution is 5.76. The summed E-state index contributed by atoms with van der Waals surface area (Å²) < 4.78 is 5.52. The standard InChI is InChI=1S/C26H51NO3/c1-12-23(4,5)17-24(6,7)19-30-22(29)16-14-13-15-21(28)27-18-25(8,9)26(10,11)20(2)3/h20H,12-19H2,1-11H3,(H,27,28). The van der Waals surface area contributed by atoms with E-state index >= 15 is 0 Å². The summed E-state index contributed by atoms with van der Waals surface area (Å²) in [6.45, 7) is 25.6. The van der Waals surface area contributed by atoms with Crippen molar-refractivity contribution in [3.63, 3.8) is 0 Å². The fourth-order valence-electron chi connectivity index (χ4n) is 3.79. The maximum absolute atomic E-state index is 12.2. The molecule has 0 saturated heterocycles. The highest BCUT2D eigenvalue weighted by Crippen LogP contribution is 2.43. The lowest BCUT2D eigenvalue weighted by molar-refractivity contribution is -0.147. The van der Waals surface area contributed by atoms with Gasteiger partial charge in [0, 0.05) is 19.4 Å². The van der Waals surface area contributed by atoms with Crippen molar-refractivity contribution in [2.75, 3.05) is 13.2 Å². The zero-order valence-electron chi connectivity index (χ0n) is 22.0. The highest BCUT2D eigenvalue weighted by atomic mass is 16.5. The number of unbranched alkanes of at least 4 members (excludes halogenated alkanes) is 1. The minimum atomic E-state index is -0.155. The quantitative estimate of drug-likeness (QED) is 0.247. The van der Waals surface area contributed by atoms with E-state index in [0.717, 1.165) is 12.8 Å². The van der Waals surface area contributed by atoms with Gasteiger partial charge in [0.2, 0.25) is 5.91 Å². The Morgan fingerprint density at radius 1 is 0.867 bits per heavy atom. The summed E-state index contributed by atoms with van der Waals surface area (Å²) in [6.07, 6.45) is 4.37. The van der Waals surface area contributed by atoms with Gasteiger partial charge in [-0.3, -0.25) is 9.59 Å². The average molecular weight is 426 g/mol. The van der Waals surface area contributed by atoms with E-state index in [1.54, 1.807) is 0 Å². The number of amides is 1. The Morgan fingerprint density at radius 2 is 1.40 bits per heavy atom. The van der Waals surface area contributed by atoms with Crippen molar-refractivity contribution < 1.29 is 14.3 Å². The van der Waals surface area contributed by atoms with Gasteiger partial charge in [0.05, 0.1) is 6.61 Å². The van der Waals surface area contributed by atoms with Gasteiger partial charge in [0.25, 0.3) is 0 Å². The van der Waals surface area contributed by atoms with E-state index in [2.05, 4.69) is 81.5 Å². The van der Waals surface area contributed by atoms with Gasteiger partial charge in [-0.15, -0.1) is 0 Å². The van der Waals surface area contributed by atoms with Crippen molar-refractivity contribution in [3.8, 4) is 0 Å². The molecular formula is C26H51NO3. The first kappa shape index (κ1) is 28.9. The lowest BCUT2D eigenvalue weighted by Crippen LogP contribution is -2.45. The van der Waals surface area contributed by atoms with E-state index in [0.29, 0.717) is 44.8 Å². The van der Waals surface area contributed by atoms with E-state index in [1.165, 1.54) is 0 Å². The number of nitrogens with one attached hydrogen (secondary N) is 1. The second kappa shape index (κ2) is 11.5. The molecule has 0 aliphatic rings. The molecule has 4 nitrogen and oxygen atoms in total. The van der Waals surface area contributed by atoms with Crippen LogP contribution in [0.2, 0.25) is 0 Å². The Kier molecular flexibility index (Phi) is 11.1. The van der Waals surface area contributed by atoms with Gasteiger partial charge in [0.15, 0.2) is 0 Å². The lowest BCUT2D eigenvalue weighted by Gasteiger charge is -2.45. The number of hydrogen-bond acceptors (Lipinski definition) is 3. The number of carbonyl (C=O) groups excluding carboxylic acids is 2. The molecule has 0 atom stereocenters. The van der Waals surface area contributed by atoms with E-state index in [1.807, 2.05) is 0 Å². The molecule has 1 N–H and O–H groups in total. The molecule has 30 heavy (non-hydrogen) atoms. The first-order valence-electron chi connectivity index (χ1n) is 11.9. The first-order chi connectivity index (χ1) is 13.5. The Hall–Kier alpha value is -1.06. The van der Waals surface area contributed by atoms with Crippen LogP contribution >= 0.6 is 0 Å². The average Bonchev–Trinajstić information content (AvgIpc) is 2.61. The van der Waals surface area contributed by atoms with Gasteiger partial charge in [-0.25, -0.2) is 0 Å². The largest absolute Gasteiger partial charge is 0.465 e. The van der Waals surface area contributed by atoms with Crippen LogP contribution in [-0.2, 0) is 14.3 Å². The molecule has 0 spiro atoms. The maximum atomic E-state index is 12.2. The molecule has 0 bridgehead atoms. The monoisotopic (exact) mass is 425 g/mol. The normalized spacial score (nSPS) is 13.5. The molecule has 0 aromatic rings. The third-order valence-corrected chi connectivity index (χ3v) is 7.49. The van der Waals surface area contributed by atoms with Crippen LogP contribution in [0.4, 0.5) is 0 Å². The Labute approximate surface area is 187 Å². The Morgan fingerprint density at radius 3 is 1.90 bits per heavy atom. The van der Waals surface area contributed by atoms with Crippen molar-refractivity contribution >= 4 is 11.9 Å². The number of hydrogen-bond donors (Lipinski definition) is 1. The predicted molar refractivity (Wildman–Crippen MR) is 127 cm³/mol. The zero-order chi connectivity index (χ0) is 23.8. The van der Waals surface area contributed by atoms with Gasteiger partial charge in [-0.1, -0.05) is 82.6 Å². The molecule has 0 aliphatic carbocycles. The molecule has 0 aromatic carbocycles. The zero-order valence-corrected chi connectivity index (χ0v) is 22.0. The van der Waals surface area contributed by atoms with Gasteiger partial charge in [-0.05, 0) is 46.8 Å². The van der Waals surface area contributed by atoms with Gasteiger partial charge in [-0.2, -0.15) is 0 Å². The Bertz CT molecular complexity index is 544. The summed E-state index contributed by atoms with van der Waals surface area (Å²) in [7, 11) is 0. The van der Waals surface area contributed by atoms with Crippen molar-refractivity contribution in [3.05, 3.63) is 0 Å². The van der Waals surface area contributed by atoms with E-state index in [-0.39, 0.29) is 33.5 Å². The first-order valence-corrected chi connectivity index (χ1v) is 11.9. The number of ether oxygens (including phenoxy) is 1. The summed E-state index contributed by atoms with van der Waals surface area (Å²) in [5.74, 6) is 0.449. The van der Waals surface area contributed by atoms with E-state index in [9.17, 15) is 9.59 Å². The predicted octanol–water partition coefficient (Wildman–Crippen LogP) is 6.77. The van der Waals surface area contributed by atoms with Crippen molar-refractivity contribution in [2.45, 2.75) is 115 Å². The molecule has 0 aliphatic heterocycles. The molecule has 0 heterocycles. The van der Waals surface area contributed by atoms with Crippen LogP contribution in [0.15, 0.2) is 0 Å². The van der Waals surface area contributed by atoms with Crippen molar-refractivity contribution in [1.29, 1.82) is 0 Å². The minimum Gasteiger partial charge on any atom is -0.465 e. The molecule has 0 saturated carbocycles. The van der Waals surface area contributed by atoms with Gasteiger partial charge < -0.3 is 10.1 Å². The summed E-state index contributed by atoms with van der Waals surface area (Å²) in [5, 5.41) is 3.09. The van der Waals surface area contributed by atoms with Crippen LogP contribution in [0, 0.1) is 27.6 Å². The van der Waals surface area contributed by atoms with Crippen LogP contribution in [-0.4, -0.2) is 25.0 Å². The van der Waals surface area contributed by atoms with Gasteiger partial charge >= 0.3 is 5.97 Å². The molecular weight excluding hydrogens is 374 g/mol. The second-order valence-corrected chi connectivity index (χ2v) is 12.3. The molecule has 178 valence electrons. The van der Waals surface area contributed by atoms with Crippen molar-refractivity contribution in [1.82, 2.24) is 5.32 Å². The molecule has 0 aromatic heterocycles. The molecule has 1 amide bonds. The third-order valence-electron chi connectivity index (χ3n) is 7.49. The highest BCUT2D eigenvalue weighted by Gasteiger charge is 2.39.